The van der Waals surface area contributed by atoms with Gasteiger partial charge in [0.15, 0.2) is 0 Å². The molecule has 1 atom stereocenters. The number of benzene rings is 1. The summed E-state index contributed by atoms with van der Waals surface area (Å²) in [6.07, 6.45) is 3.96. The quantitative estimate of drug-likeness (QED) is 0.790. The highest BCUT2D eigenvalue weighted by atomic mass is 32.1. The van der Waals surface area contributed by atoms with Crippen LogP contribution >= 0.6 is 11.3 Å². The van der Waals surface area contributed by atoms with Crippen molar-refractivity contribution >= 4 is 23.2 Å². The van der Waals surface area contributed by atoms with Crippen molar-refractivity contribution in [3.05, 3.63) is 51.0 Å². The molecule has 0 aliphatic carbocycles. The second-order valence-electron chi connectivity index (χ2n) is 8.24. The third-order valence-electron chi connectivity index (χ3n) is 5.96. The average molecular weight is 428 g/mol. The van der Waals surface area contributed by atoms with E-state index in [-0.39, 0.29) is 17.9 Å². The Bertz CT molecular complexity index is 895. The number of piperidine rings is 1. The van der Waals surface area contributed by atoms with Gasteiger partial charge in [-0.05, 0) is 51.7 Å². The van der Waals surface area contributed by atoms with Gasteiger partial charge < -0.3 is 15.0 Å². The summed E-state index contributed by atoms with van der Waals surface area (Å²) >= 11 is 1.50. The molecule has 2 saturated heterocycles. The molecular formula is C23H29N3O3S. The van der Waals surface area contributed by atoms with Gasteiger partial charge in [-0.2, -0.15) is 0 Å². The van der Waals surface area contributed by atoms with E-state index in [1.807, 2.05) is 43.0 Å². The lowest BCUT2D eigenvalue weighted by Gasteiger charge is -2.31. The predicted octanol–water partition coefficient (Wildman–Crippen LogP) is 3.69. The van der Waals surface area contributed by atoms with E-state index in [2.05, 4.69) is 5.32 Å². The van der Waals surface area contributed by atoms with Crippen LogP contribution in [0.15, 0.2) is 24.3 Å². The van der Waals surface area contributed by atoms with Crippen LogP contribution in [0.25, 0.3) is 0 Å². The molecule has 2 aliphatic rings. The maximum Gasteiger partial charge on any atom is 0.263 e. The number of aryl methyl sites for hydroxylation is 2. The smallest absolute Gasteiger partial charge is 0.263 e. The largest absolute Gasteiger partial charge is 0.376 e. The molecule has 1 aromatic heterocycles. The molecule has 1 N–H and O–H groups in total. The lowest BCUT2D eigenvalue weighted by molar-refractivity contribution is 0.0712. The number of carbonyl (C=O) groups is 2. The van der Waals surface area contributed by atoms with Crippen molar-refractivity contribution in [2.24, 2.45) is 0 Å². The number of hydrogen-bond acceptors (Lipinski definition) is 5. The standard InChI is InChI=1S/C23H29N3O3S/c1-15-5-7-18(8-6-15)23(28)26-11-9-17(10-12-26)22-25-16(2)20(30-22)21(27)24-14-19-4-3-13-29-19/h5-8,17,19H,3-4,9-14H2,1-2H3,(H,24,27). The van der Waals surface area contributed by atoms with Gasteiger partial charge in [0.05, 0.1) is 16.8 Å². The molecule has 2 fully saturated rings. The van der Waals surface area contributed by atoms with Gasteiger partial charge in [-0.25, -0.2) is 4.98 Å². The van der Waals surface area contributed by atoms with E-state index in [0.29, 0.717) is 17.3 Å². The van der Waals surface area contributed by atoms with Crippen molar-refractivity contribution in [3.63, 3.8) is 0 Å². The third-order valence-corrected chi connectivity index (χ3v) is 7.28. The number of thiazole rings is 1. The number of nitrogens with one attached hydrogen (secondary N) is 1. The number of likely N-dealkylation sites (tertiary alicyclic amines) is 1. The van der Waals surface area contributed by atoms with Crippen molar-refractivity contribution in [1.29, 1.82) is 0 Å². The average Bonchev–Trinajstić information content (AvgIpc) is 3.42. The first-order chi connectivity index (χ1) is 14.5. The summed E-state index contributed by atoms with van der Waals surface area (Å²) in [5, 5.41) is 4.01. The number of aromatic nitrogens is 1. The van der Waals surface area contributed by atoms with Crippen LogP contribution < -0.4 is 5.32 Å². The van der Waals surface area contributed by atoms with Crippen molar-refractivity contribution in [3.8, 4) is 0 Å². The zero-order valence-corrected chi connectivity index (χ0v) is 18.5. The van der Waals surface area contributed by atoms with Crippen LogP contribution in [-0.2, 0) is 4.74 Å². The molecule has 1 unspecified atom stereocenters. The molecule has 2 amide bonds. The van der Waals surface area contributed by atoms with Crippen molar-refractivity contribution < 1.29 is 14.3 Å². The number of rotatable bonds is 5. The monoisotopic (exact) mass is 427 g/mol. The molecule has 2 aliphatic heterocycles. The summed E-state index contributed by atoms with van der Waals surface area (Å²) in [4.78, 5) is 32.6. The minimum absolute atomic E-state index is 0.0567. The predicted molar refractivity (Wildman–Crippen MR) is 117 cm³/mol. The summed E-state index contributed by atoms with van der Waals surface area (Å²) in [5.41, 5.74) is 2.69. The summed E-state index contributed by atoms with van der Waals surface area (Å²) in [5.74, 6) is 0.340. The third kappa shape index (κ3) is 4.73. The van der Waals surface area contributed by atoms with Gasteiger partial charge in [0, 0.05) is 37.7 Å². The van der Waals surface area contributed by atoms with Gasteiger partial charge in [-0.3, -0.25) is 9.59 Å². The molecule has 0 bridgehead atoms. The number of ether oxygens (including phenoxy) is 1. The van der Waals surface area contributed by atoms with E-state index in [0.717, 1.165) is 67.2 Å². The van der Waals surface area contributed by atoms with Gasteiger partial charge in [0.2, 0.25) is 0 Å². The van der Waals surface area contributed by atoms with Crippen LogP contribution in [-0.4, -0.2) is 54.0 Å². The highest BCUT2D eigenvalue weighted by Gasteiger charge is 2.28. The van der Waals surface area contributed by atoms with Gasteiger partial charge in [0.25, 0.3) is 11.8 Å². The van der Waals surface area contributed by atoms with Crippen molar-refractivity contribution in [2.45, 2.75) is 51.6 Å². The molecule has 160 valence electrons. The molecule has 7 heteroatoms. The van der Waals surface area contributed by atoms with Crippen molar-refractivity contribution in [2.75, 3.05) is 26.2 Å². The van der Waals surface area contributed by atoms with Crippen LogP contribution in [0, 0.1) is 13.8 Å². The van der Waals surface area contributed by atoms with Crippen LogP contribution in [0.2, 0.25) is 0 Å². The molecule has 1 aromatic carbocycles. The minimum Gasteiger partial charge on any atom is -0.376 e. The molecule has 2 aromatic rings. The van der Waals surface area contributed by atoms with Crippen LogP contribution in [0.1, 0.15) is 67.9 Å². The molecule has 6 nitrogen and oxygen atoms in total. The van der Waals surface area contributed by atoms with Crippen LogP contribution in [0.5, 0.6) is 0 Å². The van der Waals surface area contributed by atoms with Gasteiger partial charge >= 0.3 is 0 Å². The van der Waals surface area contributed by atoms with Gasteiger partial charge in [0.1, 0.15) is 4.88 Å². The first-order valence-corrected chi connectivity index (χ1v) is 11.6. The first-order valence-electron chi connectivity index (χ1n) is 10.7. The number of carbonyl (C=O) groups excluding carboxylic acids is 2. The summed E-state index contributed by atoms with van der Waals surface area (Å²) < 4.78 is 5.58. The SMILES string of the molecule is Cc1ccc(C(=O)N2CCC(c3nc(C)c(C(=O)NCC4CCCO4)s3)CC2)cc1. The molecule has 0 saturated carbocycles. The van der Waals surface area contributed by atoms with Crippen LogP contribution in [0.3, 0.4) is 0 Å². The summed E-state index contributed by atoms with van der Waals surface area (Å²) in [7, 11) is 0. The van der Waals surface area contributed by atoms with E-state index in [9.17, 15) is 9.59 Å². The van der Waals surface area contributed by atoms with Crippen LogP contribution in [0.4, 0.5) is 0 Å². The fourth-order valence-corrected chi connectivity index (χ4v) is 5.26. The number of hydrogen-bond donors (Lipinski definition) is 1. The van der Waals surface area contributed by atoms with E-state index in [4.69, 9.17) is 9.72 Å². The number of amides is 2. The Morgan fingerprint density at radius 1 is 1.17 bits per heavy atom. The van der Waals surface area contributed by atoms with E-state index < -0.39 is 0 Å². The fraction of sp³-hybridized carbons (Fsp3) is 0.522. The minimum atomic E-state index is -0.0567. The van der Waals surface area contributed by atoms with Gasteiger partial charge in [-0.15, -0.1) is 11.3 Å². The molecule has 3 heterocycles. The zero-order valence-electron chi connectivity index (χ0n) is 17.6. The Kier molecular flexibility index (Phi) is 6.49. The molecule has 0 spiro atoms. The lowest BCUT2D eigenvalue weighted by atomic mass is 9.97. The van der Waals surface area contributed by atoms with E-state index in [1.54, 1.807) is 0 Å². The van der Waals surface area contributed by atoms with E-state index in [1.165, 1.54) is 11.3 Å². The Morgan fingerprint density at radius 3 is 2.57 bits per heavy atom. The first kappa shape index (κ1) is 21.0. The second kappa shape index (κ2) is 9.27. The molecule has 0 radical (unpaired) electrons. The maximum atomic E-state index is 12.7. The molecule has 4 rings (SSSR count). The Morgan fingerprint density at radius 2 is 1.90 bits per heavy atom. The highest BCUT2D eigenvalue weighted by Crippen LogP contribution is 2.33. The number of nitrogens with zero attached hydrogens (tertiary/aromatic N) is 2. The molecule has 30 heavy (non-hydrogen) atoms. The Labute approximate surface area is 181 Å². The lowest BCUT2D eigenvalue weighted by Crippen LogP contribution is -2.37. The summed E-state index contributed by atoms with van der Waals surface area (Å²) in [6.45, 7) is 6.71. The fourth-order valence-electron chi connectivity index (χ4n) is 4.10. The Balaban J connectivity index is 1.33. The zero-order chi connectivity index (χ0) is 21.1. The van der Waals surface area contributed by atoms with Crippen molar-refractivity contribution in [1.82, 2.24) is 15.2 Å². The maximum absolute atomic E-state index is 12.7. The molecular weight excluding hydrogens is 398 g/mol. The normalized spacial score (nSPS) is 19.8. The van der Waals surface area contributed by atoms with Gasteiger partial charge in [-0.1, -0.05) is 17.7 Å². The second-order valence-corrected chi connectivity index (χ2v) is 9.27. The summed E-state index contributed by atoms with van der Waals surface area (Å²) in [6, 6.07) is 7.75. The van der Waals surface area contributed by atoms with E-state index >= 15 is 0 Å². The highest BCUT2D eigenvalue weighted by molar-refractivity contribution is 7.13. The Hall–Kier alpha value is -2.25. The topological polar surface area (TPSA) is 71.5 Å².